The standard InChI is InChI=1S/C13H24N2O3/c1-3-10(2)9-14-12(18)15-13(8-11(16)17)6-4-5-7-13/h10H,3-9H2,1-2H3,(H,16,17)(H2,14,15,18). The lowest BCUT2D eigenvalue weighted by atomic mass is 9.93. The second-order valence-corrected chi connectivity index (χ2v) is 5.41. The van der Waals surface area contributed by atoms with Crippen LogP contribution in [-0.2, 0) is 4.79 Å². The summed E-state index contributed by atoms with van der Waals surface area (Å²) >= 11 is 0. The predicted molar refractivity (Wildman–Crippen MR) is 69.4 cm³/mol. The molecule has 0 spiro atoms. The molecular weight excluding hydrogens is 232 g/mol. The zero-order valence-electron chi connectivity index (χ0n) is 11.3. The highest BCUT2D eigenvalue weighted by atomic mass is 16.4. The SMILES string of the molecule is CCC(C)CNC(=O)NC1(CC(=O)O)CCCC1. The highest BCUT2D eigenvalue weighted by Gasteiger charge is 2.37. The van der Waals surface area contributed by atoms with Crippen molar-refractivity contribution in [2.45, 2.75) is 57.9 Å². The van der Waals surface area contributed by atoms with Gasteiger partial charge in [0.25, 0.3) is 0 Å². The van der Waals surface area contributed by atoms with Crippen molar-refractivity contribution in [1.82, 2.24) is 10.6 Å². The molecule has 3 N–H and O–H groups in total. The zero-order chi connectivity index (χ0) is 13.6. The lowest BCUT2D eigenvalue weighted by Crippen LogP contribution is -2.52. The van der Waals surface area contributed by atoms with Gasteiger partial charge in [-0.1, -0.05) is 33.1 Å². The lowest BCUT2D eigenvalue weighted by Gasteiger charge is -2.29. The van der Waals surface area contributed by atoms with E-state index in [4.69, 9.17) is 5.11 Å². The molecule has 1 aliphatic rings. The van der Waals surface area contributed by atoms with Crippen LogP contribution in [0, 0.1) is 5.92 Å². The van der Waals surface area contributed by atoms with Crippen molar-refractivity contribution in [3.8, 4) is 0 Å². The Morgan fingerprint density at radius 1 is 1.33 bits per heavy atom. The fourth-order valence-electron chi connectivity index (χ4n) is 2.38. The number of aliphatic carboxylic acids is 1. The fourth-order valence-corrected chi connectivity index (χ4v) is 2.38. The maximum absolute atomic E-state index is 11.8. The van der Waals surface area contributed by atoms with Gasteiger partial charge < -0.3 is 15.7 Å². The maximum atomic E-state index is 11.8. The largest absolute Gasteiger partial charge is 0.481 e. The van der Waals surface area contributed by atoms with Crippen molar-refractivity contribution >= 4 is 12.0 Å². The summed E-state index contributed by atoms with van der Waals surface area (Å²) in [6, 6.07) is -0.238. The molecule has 0 radical (unpaired) electrons. The van der Waals surface area contributed by atoms with Crippen molar-refractivity contribution in [2.75, 3.05) is 6.54 Å². The third kappa shape index (κ3) is 4.55. The Hall–Kier alpha value is -1.26. The van der Waals surface area contributed by atoms with Crippen molar-refractivity contribution in [1.29, 1.82) is 0 Å². The Balaban J connectivity index is 2.46. The van der Waals surface area contributed by atoms with Crippen LogP contribution in [0.5, 0.6) is 0 Å². The van der Waals surface area contributed by atoms with Gasteiger partial charge in [0.2, 0.25) is 0 Å². The first-order chi connectivity index (χ1) is 8.47. The molecule has 1 fully saturated rings. The van der Waals surface area contributed by atoms with Gasteiger partial charge in [0, 0.05) is 6.54 Å². The summed E-state index contributed by atoms with van der Waals surface area (Å²) in [5.41, 5.74) is -0.536. The van der Waals surface area contributed by atoms with Crippen LogP contribution in [0.2, 0.25) is 0 Å². The number of carbonyl (C=O) groups excluding carboxylic acids is 1. The van der Waals surface area contributed by atoms with E-state index in [0.29, 0.717) is 12.5 Å². The van der Waals surface area contributed by atoms with Crippen LogP contribution in [-0.4, -0.2) is 29.2 Å². The van der Waals surface area contributed by atoms with Crippen molar-refractivity contribution < 1.29 is 14.7 Å². The van der Waals surface area contributed by atoms with E-state index in [1.807, 2.05) is 0 Å². The molecule has 1 aliphatic carbocycles. The minimum Gasteiger partial charge on any atom is -0.481 e. The van der Waals surface area contributed by atoms with Gasteiger partial charge in [-0.05, 0) is 18.8 Å². The molecule has 104 valence electrons. The van der Waals surface area contributed by atoms with Gasteiger partial charge in [-0.25, -0.2) is 4.79 Å². The molecule has 0 saturated heterocycles. The Kier molecular flexibility index (Phi) is 5.44. The summed E-state index contributed by atoms with van der Waals surface area (Å²) in [6.07, 6.45) is 4.52. The van der Waals surface area contributed by atoms with Crippen molar-refractivity contribution in [2.24, 2.45) is 5.92 Å². The van der Waals surface area contributed by atoms with E-state index in [1.54, 1.807) is 0 Å². The van der Waals surface area contributed by atoms with Crippen LogP contribution in [0.25, 0.3) is 0 Å². The third-order valence-corrected chi connectivity index (χ3v) is 3.74. The summed E-state index contributed by atoms with van der Waals surface area (Å²) < 4.78 is 0. The first kappa shape index (κ1) is 14.8. The molecule has 0 heterocycles. The molecule has 0 bridgehead atoms. The number of carbonyl (C=O) groups is 2. The number of amides is 2. The van der Waals surface area contributed by atoms with Crippen molar-refractivity contribution in [3.05, 3.63) is 0 Å². The Bertz CT molecular complexity index is 299. The van der Waals surface area contributed by atoms with Crippen molar-refractivity contribution in [3.63, 3.8) is 0 Å². The second-order valence-electron chi connectivity index (χ2n) is 5.41. The van der Waals surface area contributed by atoms with Crippen LogP contribution in [0.1, 0.15) is 52.4 Å². The fraction of sp³-hybridized carbons (Fsp3) is 0.846. The predicted octanol–water partition coefficient (Wildman–Crippen LogP) is 2.12. The van der Waals surface area contributed by atoms with E-state index in [1.165, 1.54) is 0 Å². The van der Waals surface area contributed by atoms with Gasteiger partial charge in [0.15, 0.2) is 0 Å². The average molecular weight is 256 g/mol. The Morgan fingerprint density at radius 3 is 2.44 bits per heavy atom. The molecule has 1 saturated carbocycles. The number of hydrogen-bond donors (Lipinski definition) is 3. The molecule has 0 aliphatic heterocycles. The molecule has 0 aromatic heterocycles. The summed E-state index contributed by atoms with van der Waals surface area (Å²) in [6.45, 7) is 4.78. The first-order valence-corrected chi connectivity index (χ1v) is 6.75. The number of carboxylic acid groups (broad SMARTS) is 1. The number of carboxylic acids is 1. The Labute approximate surface area is 108 Å². The molecule has 1 unspecified atom stereocenters. The third-order valence-electron chi connectivity index (χ3n) is 3.74. The van der Waals surface area contributed by atoms with Crippen LogP contribution in [0.15, 0.2) is 0 Å². The van der Waals surface area contributed by atoms with Gasteiger partial charge in [0.1, 0.15) is 0 Å². The van der Waals surface area contributed by atoms with Crippen LogP contribution >= 0.6 is 0 Å². The van der Waals surface area contributed by atoms with E-state index in [2.05, 4.69) is 24.5 Å². The number of nitrogens with one attached hydrogen (secondary N) is 2. The minimum absolute atomic E-state index is 0.0176. The monoisotopic (exact) mass is 256 g/mol. The normalized spacial score (nSPS) is 19.2. The van der Waals surface area contributed by atoms with Gasteiger partial charge in [-0.3, -0.25) is 4.79 Å². The minimum atomic E-state index is -0.848. The highest BCUT2D eigenvalue weighted by molar-refractivity contribution is 5.76. The highest BCUT2D eigenvalue weighted by Crippen LogP contribution is 2.32. The van der Waals surface area contributed by atoms with Gasteiger partial charge in [-0.15, -0.1) is 0 Å². The number of hydrogen-bond acceptors (Lipinski definition) is 2. The smallest absolute Gasteiger partial charge is 0.315 e. The van der Waals surface area contributed by atoms with Gasteiger partial charge >= 0.3 is 12.0 Å². The van der Waals surface area contributed by atoms with Crippen LogP contribution in [0.3, 0.4) is 0 Å². The number of rotatable bonds is 6. The summed E-state index contributed by atoms with van der Waals surface area (Å²) in [4.78, 5) is 22.7. The quantitative estimate of drug-likeness (QED) is 0.681. The summed E-state index contributed by atoms with van der Waals surface area (Å²) in [7, 11) is 0. The molecule has 0 aromatic carbocycles. The van der Waals surface area contributed by atoms with Gasteiger partial charge in [-0.2, -0.15) is 0 Å². The molecular formula is C13H24N2O3. The number of urea groups is 1. The van der Waals surface area contributed by atoms with Gasteiger partial charge in [0.05, 0.1) is 12.0 Å². The first-order valence-electron chi connectivity index (χ1n) is 6.75. The zero-order valence-corrected chi connectivity index (χ0v) is 11.3. The van der Waals surface area contributed by atoms with E-state index in [9.17, 15) is 9.59 Å². The van der Waals surface area contributed by atoms with E-state index in [0.717, 1.165) is 32.1 Å². The molecule has 5 nitrogen and oxygen atoms in total. The molecule has 0 aromatic rings. The second kappa shape index (κ2) is 6.61. The summed E-state index contributed by atoms with van der Waals surface area (Å²) in [5.74, 6) is -0.408. The van der Waals surface area contributed by atoms with Crippen LogP contribution in [0.4, 0.5) is 4.79 Å². The molecule has 1 atom stereocenters. The Morgan fingerprint density at radius 2 is 1.94 bits per heavy atom. The van der Waals surface area contributed by atoms with E-state index in [-0.39, 0.29) is 12.5 Å². The average Bonchev–Trinajstić information content (AvgIpc) is 2.73. The summed E-state index contributed by atoms with van der Waals surface area (Å²) in [5, 5.41) is 14.6. The van der Waals surface area contributed by atoms with Crippen LogP contribution < -0.4 is 10.6 Å². The molecule has 5 heteroatoms. The lowest BCUT2D eigenvalue weighted by molar-refractivity contribution is -0.138. The van der Waals surface area contributed by atoms with E-state index < -0.39 is 11.5 Å². The molecule has 18 heavy (non-hydrogen) atoms. The maximum Gasteiger partial charge on any atom is 0.315 e. The molecule has 1 rings (SSSR count). The topological polar surface area (TPSA) is 78.4 Å². The molecule has 2 amide bonds. The van der Waals surface area contributed by atoms with E-state index >= 15 is 0 Å².